The maximum absolute atomic E-state index is 9.53. The van der Waals surface area contributed by atoms with Crippen LogP contribution >= 0.6 is 0 Å². The number of nitrogens with zero attached hydrogens (tertiary/aromatic N) is 1. The summed E-state index contributed by atoms with van der Waals surface area (Å²) in [5.74, 6) is 6.59. The zero-order chi connectivity index (χ0) is 19.5. The van der Waals surface area contributed by atoms with Gasteiger partial charge in [0.2, 0.25) is 6.41 Å². The zero-order valence-electron chi connectivity index (χ0n) is 15.7. The first kappa shape index (κ1) is 21.1. The number of amides is 1. The molecule has 4 N–H and O–H groups in total. The lowest BCUT2D eigenvalue weighted by atomic mass is 10.1. The van der Waals surface area contributed by atoms with E-state index in [4.69, 9.17) is 15.3 Å². The van der Waals surface area contributed by atoms with Gasteiger partial charge in [-0.2, -0.15) is 0 Å². The van der Waals surface area contributed by atoms with Crippen molar-refractivity contribution in [1.82, 2.24) is 5.01 Å². The van der Waals surface area contributed by atoms with E-state index in [0.29, 0.717) is 13.0 Å². The summed E-state index contributed by atoms with van der Waals surface area (Å²) in [6.07, 6.45) is 1.33. The SMILES string of the molecule is CCc1cc(O)ccc1OCc1c(NC)cccc1OC.CN(N)C=O. The fourth-order valence-corrected chi connectivity index (χ4v) is 2.27. The summed E-state index contributed by atoms with van der Waals surface area (Å²) >= 11 is 0. The molecule has 7 heteroatoms. The minimum absolute atomic E-state index is 0.257. The van der Waals surface area contributed by atoms with Crippen LogP contribution in [0.25, 0.3) is 0 Å². The van der Waals surface area contributed by atoms with Crippen LogP contribution in [0.4, 0.5) is 5.69 Å². The van der Waals surface area contributed by atoms with E-state index in [9.17, 15) is 9.90 Å². The molecule has 2 rings (SSSR count). The van der Waals surface area contributed by atoms with Crippen molar-refractivity contribution >= 4 is 12.1 Å². The van der Waals surface area contributed by atoms with Gasteiger partial charge in [-0.25, -0.2) is 5.84 Å². The number of phenolic OH excluding ortho intramolecular Hbond substituents is 1. The molecule has 0 spiro atoms. The lowest BCUT2D eigenvalue weighted by molar-refractivity contribution is -0.117. The fraction of sp³-hybridized carbons (Fsp3) is 0.316. The predicted octanol–water partition coefficient (Wildman–Crippen LogP) is 2.53. The van der Waals surface area contributed by atoms with Gasteiger partial charge in [0.05, 0.1) is 12.7 Å². The summed E-state index contributed by atoms with van der Waals surface area (Å²) in [7, 11) is 4.99. The molecule has 0 radical (unpaired) electrons. The van der Waals surface area contributed by atoms with Crippen LogP contribution in [0.2, 0.25) is 0 Å². The van der Waals surface area contributed by atoms with Gasteiger partial charge in [-0.15, -0.1) is 0 Å². The Morgan fingerprint density at radius 2 is 1.96 bits per heavy atom. The van der Waals surface area contributed by atoms with E-state index in [2.05, 4.69) is 5.32 Å². The van der Waals surface area contributed by atoms with Crippen LogP contribution in [0.15, 0.2) is 36.4 Å². The Morgan fingerprint density at radius 1 is 1.27 bits per heavy atom. The van der Waals surface area contributed by atoms with Crippen molar-refractivity contribution in [3.05, 3.63) is 47.5 Å². The largest absolute Gasteiger partial charge is 0.508 e. The topological polar surface area (TPSA) is 97.1 Å². The molecule has 26 heavy (non-hydrogen) atoms. The molecule has 7 nitrogen and oxygen atoms in total. The molecular weight excluding hydrogens is 334 g/mol. The molecule has 142 valence electrons. The Hall–Kier alpha value is -2.93. The third-order valence-electron chi connectivity index (χ3n) is 3.59. The highest BCUT2D eigenvalue weighted by atomic mass is 16.5. The Bertz CT molecular complexity index is 683. The third kappa shape index (κ3) is 6.18. The van der Waals surface area contributed by atoms with Crippen molar-refractivity contribution in [2.24, 2.45) is 5.84 Å². The molecule has 1 amide bonds. The molecule has 0 fully saturated rings. The normalized spacial score (nSPS) is 9.58. The fourth-order valence-electron chi connectivity index (χ4n) is 2.27. The Labute approximate surface area is 154 Å². The first-order chi connectivity index (χ1) is 12.5. The van der Waals surface area contributed by atoms with Crippen LogP contribution in [0.3, 0.4) is 0 Å². The lowest BCUT2D eigenvalue weighted by Gasteiger charge is -2.16. The highest BCUT2D eigenvalue weighted by Crippen LogP contribution is 2.30. The Morgan fingerprint density at radius 3 is 2.50 bits per heavy atom. The number of hydrazine groups is 1. The third-order valence-corrected chi connectivity index (χ3v) is 3.59. The molecule has 0 saturated carbocycles. The van der Waals surface area contributed by atoms with Gasteiger partial charge in [0.1, 0.15) is 23.9 Å². The van der Waals surface area contributed by atoms with Crippen molar-refractivity contribution in [1.29, 1.82) is 0 Å². The van der Waals surface area contributed by atoms with Gasteiger partial charge in [-0.05, 0) is 42.3 Å². The van der Waals surface area contributed by atoms with E-state index >= 15 is 0 Å². The summed E-state index contributed by atoms with van der Waals surface area (Å²) in [5, 5.41) is 13.6. The first-order valence-corrected chi connectivity index (χ1v) is 8.17. The number of rotatable bonds is 7. The number of nitrogens with one attached hydrogen (secondary N) is 1. The molecule has 0 bridgehead atoms. The molecule has 0 aromatic heterocycles. The number of ether oxygens (including phenoxy) is 2. The average Bonchev–Trinajstić information content (AvgIpc) is 2.66. The quantitative estimate of drug-likeness (QED) is 0.303. The number of aryl methyl sites for hydroxylation is 1. The van der Waals surface area contributed by atoms with Gasteiger partial charge < -0.3 is 19.9 Å². The van der Waals surface area contributed by atoms with Gasteiger partial charge in [0.25, 0.3) is 0 Å². The monoisotopic (exact) mass is 361 g/mol. The highest BCUT2D eigenvalue weighted by molar-refractivity contribution is 5.57. The van der Waals surface area contributed by atoms with Gasteiger partial charge in [-0.1, -0.05) is 13.0 Å². The molecule has 2 aromatic rings. The minimum Gasteiger partial charge on any atom is -0.508 e. The lowest BCUT2D eigenvalue weighted by Crippen LogP contribution is -2.23. The van der Waals surface area contributed by atoms with Gasteiger partial charge in [-0.3, -0.25) is 9.80 Å². The molecule has 0 heterocycles. The number of carbonyl (C=O) groups excluding carboxylic acids is 1. The van der Waals surface area contributed by atoms with E-state index in [1.807, 2.05) is 32.2 Å². The summed E-state index contributed by atoms with van der Waals surface area (Å²) in [6.45, 7) is 2.43. The second kappa shape index (κ2) is 10.8. The van der Waals surface area contributed by atoms with Crippen LogP contribution in [0, 0.1) is 0 Å². The second-order valence-electron chi connectivity index (χ2n) is 5.44. The maximum Gasteiger partial charge on any atom is 0.223 e. The molecule has 0 saturated heterocycles. The number of phenols is 1. The number of hydrogen-bond donors (Lipinski definition) is 3. The number of methoxy groups -OCH3 is 1. The number of nitrogens with two attached hydrogens (primary N) is 1. The molecule has 0 unspecified atom stereocenters. The van der Waals surface area contributed by atoms with Gasteiger partial charge in [0.15, 0.2) is 0 Å². The Kier molecular flexibility index (Phi) is 8.80. The number of hydrogen-bond acceptors (Lipinski definition) is 6. The van der Waals surface area contributed by atoms with Crippen molar-refractivity contribution in [2.45, 2.75) is 20.0 Å². The van der Waals surface area contributed by atoms with Crippen molar-refractivity contribution in [3.63, 3.8) is 0 Å². The van der Waals surface area contributed by atoms with Crippen LogP contribution in [0.1, 0.15) is 18.1 Å². The van der Waals surface area contributed by atoms with Crippen molar-refractivity contribution < 1.29 is 19.4 Å². The highest BCUT2D eigenvalue weighted by Gasteiger charge is 2.10. The number of aromatic hydroxyl groups is 1. The van der Waals surface area contributed by atoms with Gasteiger partial charge >= 0.3 is 0 Å². The Balaban J connectivity index is 0.000000597. The smallest absolute Gasteiger partial charge is 0.223 e. The molecule has 2 aromatic carbocycles. The maximum atomic E-state index is 9.53. The average molecular weight is 361 g/mol. The van der Waals surface area contributed by atoms with Gasteiger partial charge in [0, 0.05) is 19.8 Å². The standard InChI is InChI=1S/C17H21NO3.C2H6N2O/c1-4-12-10-13(19)8-9-16(12)21-11-14-15(18-2)6-5-7-17(14)20-3;1-4(3)2-5/h5-10,18-19H,4,11H2,1-3H3;2H,3H2,1H3. The zero-order valence-corrected chi connectivity index (χ0v) is 15.7. The van der Waals surface area contributed by atoms with Crippen LogP contribution in [-0.2, 0) is 17.8 Å². The molecule has 0 atom stereocenters. The summed E-state index contributed by atoms with van der Waals surface area (Å²) in [4.78, 5) is 9.31. The summed E-state index contributed by atoms with van der Waals surface area (Å²) in [5.41, 5.74) is 2.93. The van der Waals surface area contributed by atoms with E-state index < -0.39 is 0 Å². The van der Waals surface area contributed by atoms with Crippen molar-refractivity contribution in [3.8, 4) is 17.2 Å². The van der Waals surface area contributed by atoms with E-state index in [1.165, 1.54) is 7.05 Å². The van der Waals surface area contributed by atoms with Crippen molar-refractivity contribution in [2.75, 3.05) is 26.5 Å². The predicted molar refractivity (Wildman–Crippen MR) is 102 cm³/mol. The molecule has 0 aliphatic heterocycles. The molecule has 0 aliphatic rings. The first-order valence-electron chi connectivity index (χ1n) is 8.17. The second-order valence-corrected chi connectivity index (χ2v) is 5.44. The van der Waals surface area contributed by atoms with E-state index in [1.54, 1.807) is 25.3 Å². The van der Waals surface area contributed by atoms with Crippen LogP contribution < -0.4 is 20.6 Å². The van der Waals surface area contributed by atoms with Crippen LogP contribution in [-0.4, -0.2) is 37.7 Å². The number of anilines is 1. The number of benzene rings is 2. The summed E-state index contributed by atoms with van der Waals surface area (Å²) < 4.78 is 11.3. The molecular formula is C19H27N3O4. The van der Waals surface area contributed by atoms with E-state index in [-0.39, 0.29) is 5.75 Å². The van der Waals surface area contributed by atoms with Crippen LogP contribution in [0.5, 0.6) is 17.2 Å². The van der Waals surface area contributed by atoms with E-state index in [0.717, 1.165) is 39.7 Å². The minimum atomic E-state index is 0.257. The summed E-state index contributed by atoms with van der Waals surface area (Å²) in [6, 6.07) is 11.0. The molecule has 0 aliphatic carbocycles. The number of carbonyl (C=O) groups is 1.